The number of hydrogen-bond acceptors (Lipinski definition) is 5. The fraction of sp³-hybridized carbons (Fsp3) is 0.100. The van der Waals surface area contributed by atoms with Crippen molar-refractivity contribution in [3.05, 3.63) is 40.6 Å². The molecular weight excluding hydrogens is 226 g/mol. The molecule has 0 aliphatic heterocycles. The molecule has 2 heterocycles. The lowest BCUT2D eigenvalue weighted by Crippen LogP contribution is -2.02. The molecule has 0 unspecified atom stereocenters. The molecule has 0 amide bonds. The molecule has 0 bridgehead atoms. The first-order valence-electron chi connectivity index (χ1n) is 4.57. The van der Waals surface area contributed by atoms with E-state index >= 15 is 0 Å². The first-order valence-corrected chi connectivity index (χ1v) is 5.45. The largest absolute Gasteiger partial charge is 0.477 e. The SMILES string of the molecule is O=C(O)c1ccc(NCc2nccs2)cn1. The maximum Gasteiger partial charge on any atom is 0.354 e. The average Bonchev–Trinajstić information content (AvgIpc) is 2.80. The van der Waals surface area contributed by atoms with Gasteiger partial charge < -0.3 is 10.4 Å². The molecule has 2 N–H and O–H groups in total. The summed E-state index contributed by atoms with van der Waals surface area (Å²) in [5, 5.41) is 14.7. The molecule has 0 spiro atoms. The number of carboxylic acids is 1. The van der Waals surface area contributed by atoms with E-state index in [0.717, 1.165) is 10.7 Å². The maximum atomic E-state index is 10.6. The van der Waals surface area contributed by atoms with Gasteiger partial charge in [0.25, 0.3) is 0 Å². The highest BCUT2D eigenvalue weighted by molar-refractivity contribution is 7.09. The van der Waals surface area contributed by atoms with Gasteiger partial charge in [-0.15, -0.1) is 11.3 Å². The van der Waals surface area contributed by atoms with Gasteiger partial charge in [0.2, 0.25) is 0 Å². The second-order valence-electron chi connectivity index (χ2n) is 3.02. The van der Waals surface area contributed by atoms with Crippen molar-refractivity contribution in [3.8, 4) is 0 Å². The van der Waals surface area contributed by atoms with E-state index in [1.54, 1.807) is 23.6 Å². The summed E-state index contributed by atoms with van der Waals surface area (Å²) in [6, 6.07) is 3.15. The second-order valence-corrected chi connectivity index (χ2v) is 4.00. The third kappa shape index (κ3) is 2.54. The van der Waals surface area contributed by atoms with E-state index in [4.69, 9.17) is 5.11 Å². The third-order valence-corrected chi connectivity index (χ3v) is 2.69. The smallest absolute Gasteiger partial charge is 0.354 e. The molecule has 16 heavy (non-hydrogen) atoms. The number of carbonyl (C=O) groups is 1. The number of pyridine rings is 1. The molecule has 0 fully saturated rings. The Morgan fingerprint density at radius 3 is 2.88 bits per heavy atom. The Balaban J connectivity index is 1.98. The van der Waals surface area contributed by atoms with Crippen LogP contribution in [0, 0.1) is 0 Å². The molecule has 2 aromatic rings. The van der Waals surface area contributed by atoms with Crippen molar-refractivity contribution in [1.29, 1.82) is 0 Å². The fourth-order valence-electron chi connectivity index (χ4n) is 1.14. The van der Waals surface area contributed by atoms with E-state index in [1.807, 2.05) is 5.38 Å². The summed E-state index contributed by atoms with van der Waals surface area (Å²) in [5.41, 5.74) is 0.819. The summed E-state index contributed by atoms with van der Waals surface area (Å²) in [6.45, 7) is 0.617. The lowest BCUT2D eigenvalue weighted by molar-refractivity contribution is 0.0690. The number of aromatic carboxylic acids is 1. The predicted octanol–water partition coefficient (Wildman–Crippen LogP) is 1.85. The Kier molecular flexibility index (Phi) is 3.11. The minimum Gasteiger partial charge on any atom is -0.477 e. The zero-order valence-electron chi connectivity index (χ0n) is 8.25. The summed E-state index contributed by atoms with van der Waals surface area (Å²) in [7, 11) is 0. The summed E-state index contributed by atoms with van der Waals surface area (Å²) in [4.78, 5) is 18.5. The van der Waals surface area contributed by atoms with E-state index in [-0.39, 0.29) is 5.69 Å². The van der Waals surface area contributed by atoms with E-state index < -0.39 is 5.97 Å². The van der Waals surface area contributed by atoms with Gasteiger partial charge in [-0.1, -0.05) is 0 Å². The summed E-state index contributed by atoms with van der Waals surface area (Å²) in [6.07, 6.45) is 3.24. The van der Waals surface area contributed by atoms with Crippen molar-refractivity contribution in [1.82, 2.24) is 9.97 Å². The van der Waals surface area contributed by atoms with Crippen molar-refractivity contribution >= 4 is 23.0 Å². The highest BCUT2D eigenvalue weighted by Gasteiger charge is 2.03. The van der Waals surface area contributed by atoms with Crippen LogP contribution >= 0.6 is 11.3 Å². The quantitative estimate of drug-likeness (QED) is 0.845. The number of nitrogens with one attached hydrogen (secondary N) is 1. The van der Waals surface area contributed by atoms with Crippen LogP contribution in [0.4, 0.5) is 5.69 Å². The van der Waals surface area contributed by atoms with Gasteiger partial charge in [-0.2, -0.15) is 0 Å². The van der Waals surface area contributed by atoms with Gasteiger partial charge in [-0.25, -0.2) is 14.8 Å². The zero-order chi connectivity index (χ0) is 11.4. The van der Waals surface area contributed by atoms with Gasteiger partial charge in [-0.3, -0.25) is 0 Å². The molecule has 0 aliphatic carbocycles. The minimum absolute atomic E-state index is 0.0415. The summed E-state index contributed by atoms with van der Waals surface area (Å²) < 4.78 is 0. The first-order chi connectivity index (χ1) is 7.75. The molecule has 5 nitrogen and oxygen atoms in total. The Hall–Kier alpha value is -1.95. The second kappa shape index (κ2) is 4.71. The third-order valence-electron chi connectivity index (χ3n) is 1.91. The van der Waals surface area contributed by atoms with Gasteiger partial charge in [0, 0.05) is 11.6 Å². The lowest BCUT2D eigenvalue weighted by Gasteiger charge is -2.03. The van der Waals surface area contributed by atoms with Crippen LogP contribution in [0.3, 0.4) is 0 Å². The number of thiazole rings is 1. The van der Waals surface area contributed by atoms with Gasteiger partial charge in [0.1, 0.15) is 10.7 Å². The molecular formula is C10H9N3O2S. The van der Waals surface area contributed by atoms with Gasteiger partial charge in [-0.05, 0) is 12.1 Å². The topological polar surface area (TPSA) is 75.1 Å². The van der Waals surface area contributed by atoms with Crippen LogP contribution in [0.15, 0.2) is 29.9 Å². The average molecular weight is 235 g/mol. The van der Waals surface area contributed by atoms with Crippen molar-refractivity contribution in [2.24, 2.45) is 0 Å². The minimum atomic E-state index is -1.02. The number of nitrogens with zero attached hydrogens (tertiary/aromatic N) is 2. The molecule has 0 aromatic carbocycles. The van der Waals surface area contributed by atoms with Crippen molar-refractivity contribution in [2.45, 2.75) is 6.54 Å². The fourth-order valence-corrected chi connectivity index (χ4v) is 1.70. The van der Waals surface area contributed by atoms with E-state index in [9.17, 15) is 4.79 Å². The Morgan fingerprint density at radius 1 is 1.44 bits per heavy atom. The van der Waals surface area contributed by atoms with Crippen molar-refractivity contribution in [3.63, 3.8) is 0 Å². The van der Waals surface area contributed by atoms with Crippen molar-refractivity contribution in [2.75, 3.05) is 5.32 Å². The molecule has 0 aliphatic rings. The summed E-state index contributed by atoms with van der Waals surface area (Å²) >= 11 is 1.56. The Morgan fingerprint density at radius 2 is 2.31 bits per heavy atom. The first kappa shape index (κ1) is 10.6. The van der Waals surface area contributed by atoms with Crippen LogP contribution in [-0.2, 0) is 6.54 Å². The van der Waals surface area contributed by atoms with Crippen molar-refractivity contribution < 1.29 is 9.90 Å². The molecule has 6 heteroatoms. The Labute approximate surface area is 95.8 Å². The molecule has 0 saturated heterocycles. The monoisotopic (exact) mass is 235 g/mol. The normalized spacial score (nSPS) is 10.0. The number of anilines is 1. The number of hydrogen-bond donors (Lipinski definition) is 2. The van der Waals surface area contributed by atoms with Crippen LogP contribution in [0.5, 0.6) is 0 Å². The molecule has 82 valence electrons. The molecule has 0 radical (unpaired) electrons. The van der Waals surface area contributed by atoms with E-state index in [0.29, 0.717) is 6.54 Å². The van der Waals surface area contributed by atoms with Gasteiger partial charge in [0.15, 0.2) is 0 Å². The Bertz CT molecular complexity index is 467. The zero-order valence-corrected chi connectivity index (χ0v) is 9.07. The number of aromatic nitrogens is 2. The summed E-state index contributed by atoms with van der Waals surface area (Å²) in [5.74, 6) is -1.02. The number of rotatable bonds is 4. The molecule has 0 saturated carbocycles. The van der Waals surface area contributed by atoms with E-state index in [1.165, 1.54) is 12.3 Å². The van der Waals surface area contributed by atoms with Crippen LogP contribution in [0.1, 0.15) is 15.5 Å². The van der Waals surface area contributed by atoms with E-state index in [2.05, 4.69) is 15.3 Å². The maximum absolute atomic E-state index is 10.6. The van der Waals surface area contributed by atoms with Crippen LogP contribution in [0.2, 0.25) is 0 Å². The van der Waals surface area contributed by atoms with Crippen LogP contribution in [0.25, 0.3) is 0 Å². The molecule has 2 rings (SSSR count). The standard InChI is InChI=1S/C10H9N3O2S/c14-10(15)8-2-1-7(5-13-8)12-6-9-11-3-4-16-9/h1-5,12H,6H2,(H,14,15). The van der Waals surface area contributed by atoms with Crippen LogP contribution in [-0.4, -0.2) is 21.0 Å². The van der Waals surface area contributed by atoms with Crippen LogP contribution < -0.4 is 5.32 Å². The lowest BCUT2D eigenvalue weighted by atomic mass is 10.3. The predicted molar refractivity (Wildman–Crippen MR) is 60.6 cm³/mol. The van der Waals surface area contributed by atoms with Gasteiger partial charge in [0.05, 0.1) is 18.4 Å². The van der Waals surface area contributed by atoms with Gasteiger partial charge >= 0.3 is 5.97 Å². The highest BCUT2D eigenvalue weighted by atomic mass is 32.1. The highest BCUT2D eigenvalue weighted by Crippen LogP contribution is 2.10. The number of carboxylic acid groups (broad SMARTS) is 1. The molecule has 2 aromatic heterocycles. The molecule has 0 atom stereocenters.